The molecule has 0 saturated heterocycles. The molecule has 0 aliphatic carbocycles. The fourth-order valence-corrected chi connectivity index (χ4v) is 2.88. The van der Waals surface area contributed by atoms with E-state index < -0.39 is 0 Å². The number of methoxy groups -OCH3 is 2. The van der Waals surface area contributed by atoms with Crippen LogP contribution in [0.1, 0.15) is 15.9 Å². The molecule has 0 bridgehead atoms. The molecular weight excluding hydrogens is 422 g/mol. The topological polar surface area (TPSA) is 56.8 Å². The van der Waals surface area contributed by atoms with Crippen molar-refractivity contribution in [2.75, 3.05) is 19.5 Å². The zero-order valence-electron chi connectivity index (χ0n) is 15.6. The summed E-state index contributed by atoms with van der Waals surface area (Å²) in [6, 6.07) is 20.4. The molecule has 0 saturated carbocycles. The Hall–Kier alpha value is -2.99. The summed E-state index contributed by atoms with van der Waals surface area (Å²) < 4.78 is 17.7. The molecule has 28 heavy (non-hydrogen) atoms. The predicted molar refractivity (Wildman–Crippen MR) is 112 cm³/mol. The zero-order chi connectivity index (χ0) is 19.9. The number of carbonyl (C=O) groups is 1. The van der Waals surface area contributed by atoms with Gasteiger partial charge in [-0.05, 0) is 42.0 Å². The third-order valence-corrected chi connectivity index (χ3v) is 4.58. The first kappa shape index (κ1) is 19.8. The summed E-state index contributed by atoms with van der Waals surface area (Å²) in [5, 5.41) is 2.85. The molecule has 0 atom stereocenters. The highest BCUT2D eigenvalue weighted by molar-refractivity contribution is 9.10. The number of hydrogen-bond donors (Lipinski definition) is 1. The number of hydrogen-bond acceptors (Lipinski definition) is 4. The van der Waals surface area contributed by atoms with Crippen LogP contribution in [0.15, 0.2) is 71.2 Å². The Morgan fingerprint density at radius 1 is 0.929 bits per heavy atom. The van der Waals surface area contributed by atoms with Gasteiger partial charge in [0.15, 0.2) is 11.5 Å². The average molecular weight is 442 g/mol. The summed E-state index contributed by atoms with van der Waals surface area (Å²) in [6.45, 7) is 0.359. The molecule has 1 N–H and O–H groups in total. The second kappa shape index (κ2) is 9.28. The Kier molecular flexibility index (Phi) is 6.55. The molecular formula is C22H20BrNO4. The number of carbonyl (C=O) groups excluding carboxylic acids is 1. The minimum Gasteiger partial charge on any atom is -0.493 e. The van der Waals surface area contributed by atoms with Gasteiger partial charge in [0.05, 0.1) is 14.2 Å². The van der Waals surface area contributed by atoms with Crippen molar-refractivity contribution < 1.29 is 19.0 Å². The lowest BCUT2D eigenvalue weighted by Gasteiger charge is -2.16. The van der Waals surface area contributed by atoms with E-state index in [9.17, 15) is 4.79 Å². The van der Waals surface area contributed by atoms with E-state index in [4.69, 9.17) is 14.2 Å². The highest BCUT2D eigenvalue weighted by Gasteiger charge is 2.18. The molecule has 1 amide bonds. The van der Waals surface area contributed by atoms with E-state index in [0.29, 0.717) is 35.1 Å². The second-order valence-corrected chi connectivity index (χ2v) is 6.86. The summed E-state index contributed by atoms with van der Waals surface area (Å²) in [5.41, 5.74) is 2.11. The van der Waals surface area contributed by atoms with E-state index in [1.54, 1.807) is 12.1 Å². The van der Waals surface area contributed by atoms with E-state index in [0.717, 1.165) is 10.0 Å². The molecule has 3 aromatic carbocycles. The quantitative estimate of drug-likeness (QED) is 0.540. The van der Waals surface area contributed by atoms with Crippen LogP contribution in [-0.2, 0) is 6.61 Å². The third-order valence-electron chi connectivity index (χ3n) is 4.05. The van der Waals surface area contributed by atoms with Crippen LogP contribution >= 0.6 is 15.9 Å². The van der Waals surface area contributed by atoms with Crippen LogP contribution in [0.5, 0.6) is 17.2 Å². The third kappa shape index (κ3) is 4.84. The number of nitrogens with one attached hydrogen (secondary N) is 1. The monoisotopic (exact) mass is 441 g/mol. The Balaban J connectivity index is 1.83. The van der Waals surface area contributed by atoms with Crippen molar-refractivity contribution in [3.05, 3.63) is 82.3 Å². The Morgan fingerprint density at radius 2 is 1.54 bits per heavy atom. The van der Waals surface area contributed by atoms with Gasteiger partial charge in [0, 0.05) is 15.7 Å². The molecule has 0 spiro atoms. The fourth-order valence-electron chi connectivity index (χ4n) is 2.62. The van der Waals surface area contributed by atoms with Gasteiger partial charge in [-0.2, -0.15) is 0 Å². The molecule has 0 aliphatic rings. The van der Waals surface area contributed by atoms with Gasteiger partial charge in [-0.15, -0.1) is 0 Å². The number of benzene rings is 3. The lowest BCUT2D eigenvalue weighted by atomic mass is 10.1. The van der Waals surface area contributed by atoms with E-state index in [2.05, 4.69) is 21.2 Å². The van der Waals surface area contributed by atoms with Gasteiger partial charge in [-0.1, -0.05) is 46.3 Å². The largest absolute Gasteiger partial charge is 0.493 e. The van der Waals surface area contributed by atoms with Crippen LogP contribution in [-0.4, -0.2) is 20.1 Å². The van der Waals surface area contributed by atoms with Crippen LogP contribution in [0.3, 0.4) is 0 Å². The normalized spacial score (nSPS) is 10.2. The summed E-state index contributed by atoms with van der Waals surface area (Å²) in [7, 11) is 3.06. The van der Waals surface area contributed by atoms with E-state index >= 15 is 0 Å². The highest BCUT2D eigenvalue weighted by Crippen LogP contribution is 2.39. The summed E-state index contributed by atoms with van der Waals surface area (Å²) >= 11 is 3.37. The Labute approximate surface area is 172 Å². The summed E-state index contributed by atoms with van der Waals surface area (Å²) in [5.74, 6) is 1.04. The molecule has 0 aliphatic heterocycles. The van der Waals surface area contributed by atoms with E-state index in [-0.39, 0.29) is 5.91 Å². The van der Waals surface area contributed by atoms with E-state index in [1.807, 2.05) is 54.6 Å². The fraction of sp³-hybridized carbons (Fsp3) is 0.136. The molecule has 6 heteroatoms. The second-order valence-electron chi connectivity index (χ2n) is 5.95. The van der Waals surface area contributed by atoms with Crippen molar-refractivity contribution in [1.82, 2.24) is 0 Å². The van der Waals surface area contributed by atoms with Crippen molar-refractivity contribution in [1.29, 1.82) is 0 Å². The molecule has 3 aromatic rings. The molecule has 5 nitrogen and oxygen atoms in total. The SMILES string of the molecule is COc1cc(C(=O)Nc2ccc(Br)cc2)cc(OC)c1OCc1ccccc1. The lowest BCUT2D eigenvalue weighted by Crippen LogP contribution is -2.12. The minimum atomic E-state index is -0.270. The maximum absolute atomic E-state index is 12.7. The first-order valence-corrected chi connectivity index (χ1v) is 9.39. The maximum atomic E-state index is 12.7. The molecule has 0 unspecified atom stereocenters. The van der Waals surface area contributed by atoms with Gasteiger partial charge in [0.25, 0.3) is 5.91 Å². The first-order chi connectivity index (χ1) is 13.6. The van der Waals surface area contributed by atoms with Crippen LogP contribution in [0.2, 0.25) is 0 Å². The van der Waals surface area contributed by atoms with E-state index in [1.165, 1.54) is 14.2 Å². The number of halogens is 1. The summed E-state index contributed by atoms with van der Waals surface area (Å²) in [4.78, 5) is 12.7. The molecule has 3 rings (SSSR count). The number of anilines is 1. The standard InChI is InChI=1S/C22H20BrNO4/c1-26-19-12-16(22(25)24-18-10-8-17(23)9-11-18)13-20(27-2)21(19)28-14-15-6-4-3-5-7-15/h3-13H,14H2,1-2H3,(H,24,25). The molecule has 0 radical (unpaired) electrons. The van der Waals surface area contributed by atoms with Crippen molar-refractivity contribution in [2.24, 2.45) is 0 Å². The van der Waals surface area contributed by atoms with Crippen molar-refractivity contribution in [3.63, 3.8) is 0 Å². The molecule has 144 valence electrons. The maximum Gasteiger partial charge on any atom is 0.255 e. The average Bonchev–Trinajstić information content (AvgIpc) is 2.73. The molecule has 0 heterocycles. The zero-order valence-corrected chi connectivity index (χ0v) is 17.2. The van der Waals surface area contributed by atoms with Gasteiger partial charge >= 0.3 is 0 Å². The van der Waals surface area contributed by atoms with Gasteiger partial charge in [0.1, 0.15) is 6.61 Å². The van der Waals surface area contributed by atoms with Gasteiger partial charge < -0.3 is 19.5 Å². The minimum absolute atomic E-state index is 0.270. The van der Waals surface area contributed by atoms with Crippen molar-refractivity contribution >= 4 is 27.5 Å². The van der Waals surface area contributed by atoms with Crippen molar-refractivity contribution in [2.45, 2.75) is 6.61 Å². The number of amides is 1. The summed E-state index contributed by atoms with van der Waals surface area (Å²) in [6.07, 6.45) is 0. The van der Waals surface area contributed by atoms with Gasteiger partial charge in [0.2, 0.25) is 5.75 Å². The predicted octanol–water partition coefficient (Wildman–Crippen LogP) is 5.30. The van der Waals surface area contributed by atoms with Crippen molar-refractivity contribution in [3.8, 4) is 17.2 Å². The number of ether oxygens (including phenoxy) is 3. The first-order valence-electron chi connectivity index (χ1n) is 8.60. The lowest BCUT2D eigenvalue weighted by molar-refractivity contribution is 0.102. The molecule has 0 aromatic heterocycles. The Bertz CT molecular complexity index is 918. The molecule has 0 fully saturated rings. The number of rotatable bonds is 7. The highest BCUT2D eigenvalue weighted by atomic mass is 79.9. The Morgan fingerprint density at radius 3 is 2.11 bits per heavy atom. The van der Waals surface area contributed by atoms with Gasteiger partial charge in [-0.25, -0.2) is 0 Å². The van der Waals surface area contributed by atoms with Gasteiger partial charge in [-0.3, -0.25) is 4.79 Å². The van der Waals surface area contributed by atoms with Crippen LogP contribution in [0.25, 0.3) is 0 Å². The smallest absolute Gasteiger partial charge is 0.255 e. The van der Waals surface area contributed by atoms with Crippen LogP contribution in [0.4, 0.5) is 5.69 Å². The van der Waals surface area contributed by atoms with Crippen LogP contribution < -0.4 is 19.5 Å². The van der Waals surface area contributed by atoms with Crippen LogP contribution in [0, 0.1) is 0 Å².